The van der Waals surface area contributed by atoms with Gasteiger partial charge in [0.1, 0.15) is 17.9 Å². The number of rotatable bonds is 7. The van der Waals surface area contributed by atoms with Gasteiger partial charge in [0.15, 0.2) is 0 Å². The predicted molar refractivity (Wildman–Crippen MR) is 126 cm³/mol. The molecule has 160 valence electrons. The first-order valence-corrected chi connectivity index (χ1v) is 10.3. The Bertz CT molecular complexity index is 1190. The first-order valence-electron chi connectivity index (χ1n) is 10.3. The SMILES string of the molecule is COc1cccc([C@H](C)NC(=O)c2ccc(Nc3cc(-c4ccccc4)ncn3)cc2)c1. The van der Waals surface area contributed by atoms with Crippen LogP contribution in [0.25, 0.3) is 11.3 Å². The summed E-state index contributed by atoms with van der Waals surface area (Å²) in [6, 6.07) is 26.6. The van der Waals surface area contributed by atoms with Gasteiger partial charge in [-0.2, -0.15) is 0 Å². The summed E-state index contributed by atoms with van der Waals surface area (Å²) in [5, 5.41) is 6.29. The van der Waals surface area contributed by atoms with Crippen LogP contribution in [0, 0.1) is 0 Å². The molecule has 1 aromatic heterocycles. The third-order valence-electron chi connectivity index (χ3n) is 5.10. The summed E-state index contributed by atoms with van der Waals surface area (Å²) in [6.07, 6.45) is 1.53. The van der Waals surface area contributed by atoms with E-state index in [4.69, 9.17) is 4.74 Å². The molecule has 6 heteroatoms. The van der Waals surface area contributed by atoms with Crippen LogP contribution in [-0.4, -0.2) is 23.0 Å². The standard InChI is InChI=1S/C26H24N4O2/c1-18(21-9-6-10-23(15-21)32-2)29-26(31)20-11-13-22(14-12-20)30-25-16-24(27-17-28-25)19-7-4-3-5-8-19/h3-18H,1-2H3,(H,29,31)(H,27,28,30)/t18-/m0/s1. The van der Waals surface area contributed by atoms with Gasteiger partial charge < -0.3 is 15.4 Å². The third kappa shape index (κ3) is 5.10. The number of benzene rings is 3. The van der Waals surface area contributed by atoms with Gasteiger partial charge in [-0.3, -0.25) is 4.79 Å². The zero-order chi connectivity index (χ0) is 22.3. The minimum Gasteiger partial charge on any atom is -0.497 e. The van der Waals surface area contributed by atoms with Crippen molar-refractivity contribution in [3.8, 4) is 17.0 Å². The number of carbonyl (C=O) groups excluding carboxylic acids is 1. The molecule has 0 radical (unpaired) electrons. The van der Waals surface area contributed by atoms with Gasteiger partial charge in [0.05, 0.1) is 18.8 Å². The van der Waals surface area contributed by atoms with E-state index >= 15 is 0 Å². The summed E-state index contributed by atoms with van der Waals surface area (Å²) >= 11 is 0. The lowest BCUT2D eigenvalue weighted by atomic mass is 10.1. The highest BCUT2D eigenvalue weighted by atomic mass is 16.5. The predicted octanol–water partition coefficient (Wildman–Crippen LogP) is 5.39. The van der Waals surface area contributed by atoms with E-state index < -0.39 is 0 Å². The molecular weight excluding hydrogens is 400 g/mol. The Balaban J connectivity index is 1.41. The van der Waals surface area contributed by atoms with Crippen molar-refractivity contribution in [3.05, 3.63) is 102 Å². The van der Waals surface area contributed by atoms with E-state index in [-0.39, 0.29) is 11.9 Å². The van der Waals surface area contributed by atoms with Gasteiger partial charge in [-0.1, -0.05) is 42.5 Å². The van der Waals surface area contributed by atoms with Crippen molar-refractivity contribution in [3.63, 3.8) is 0 Å². The van der Waals surface area contributed by atoms with Crippen molar-refractivity contribution in [2.45, 2.75) is 13.0 Å². The van der Waals surface area contributed by atoms with Crippen LogP contribution < -0.4 is 15.4 Å². The molecule has 0 spiro atoms. The smallest absolute Gasteiger partial charge is 0.251 e. The maximum Gasteiger partial charge on any atom is 0.251 e. The minimum absolute atomic E-state index is 0.139. The molecule has 0 bridgehead atoms. The topological polar surface area (TPSA) is 76.1 Å². The average Bonchev–Trinajstić information content (AvgIpc) is 2.85. The zero-order valence-electron chi connectivity index (χ0n) is 17.9. The Hall–Kier alpha value is -4.19. The molecule has 0 saturated heterocycles. The molecule has 1 amide bonds. The zero-order valence-corrected chi connectivity index (χ0v) is 17.9. The van der Waals surface area contributed by atoms with Crippen molar-refractivity contribution >= 4 is 17.4 Å². The third-order valence-corrected chi connectivity index (χ3v) is 5.10. The fourth-order valence-corrected chi connectivity index (χ4v) is 3.32. The quantitative estimate of drug-likeness (QED) is 0.416. The van der Waals surface area contributed by atoms with Gasteiger partial charge in [-0.05, 0) is 48.9 Å². The molecule has 3 aromatic carbocycles. The van der Waals surface area contributed by atoms with Crippen molar-refractivity contribution in [1.29, 1.82) is 0 Å². The number of hydrogen-bond acceptors (Lipinski definition) is 5. The van der Waals surface area contributed by atoms with Gasteiger partial charge >= 0.3 is 0 Å². The molecule has 32 heavy (non-hydrogen) atoms. The molecule has 0 aliphatic carbocycles. The van der Waals surface area contributed by atoms with Crippen LogP contribution in [0.5, 0.6) is 5.75 Å². The van der Waals surface area contributed by atoms with Gasteiger partial charge in [0, 0.05) is 22.9 Å². The molecular formula is C26H24N4O2. The van der Waals surface area contributed by atoms with E-state index in [9.17, 15) is 4.79 Å². The van der Waals surface area contributed by atoms with Crippen LogP contribution >= 0.6 is 0 Å². The summed E-state index contributed by atoms with van der Waals surface area (Å²) < 4.78 is 5.26. The van der Waals surface area contributed by atoms with E-state index in [0.29, 0.717) is 11.4 Å². The van der Waals surface area contributed by atoms with E-state index in [0.717, 1.165) is 28.3 Å². The Morgan fingerprint density at radius 2 is 1.69 bits per heavy atom. The second kappa shape index (κ2) is 9.75. The second-order valence-electron chi connectivity index (χ2n) is 7.33. The maximum atomic E-state index is 12.7. The van der Waals surface area contributed by atoms with Crippen molar-refractivity contribution < 1.29 is 9.53 Å². The van der Waals surface area contributed by atoms with Crippen molar-refractivity contribution in [1.82, 2.24) is 15.3 Å². The van der Waals surface area contributed by atoms with Gasteiger partial charge in [-0.15, -0.1) is 0 Å². The highest BCUT2D eigenvalue weighted by Crippen LogP contribution is 2.22. The summed E-state index contributed by atoms with van der Waals surface area (Å²) in [6.45, 7) is 1.95. The molecule has 1 atom stereocenters. The van der Waals surface area contributed by atoms with E-state index in [1.165, 1.54) is 6.33 Å². The monoisotopic (exact) mass is 424 g/mol. The van der Waals surface area contributed by atoms with Crippen LogP contribution in [-0.2, 0) is 0 Å². The molecule has 1 heterocycles. The van der Waals surface area contributed by atoms with Crippen molar-refractivity contribution in [2.24, 2.45) is 0 Å². The van der Waals surface area contributed by atoms with Crippen molar-refractivity contribution in [2.75, 3.05) is 12.4 Å². The fourth-order valence-electron chi connectivity index (χ4n) is 3.32. The fraction of sp³-hybridized carbons (Fsp3) is 0.115. The number of aromatic nitrogens is 2. The van der Waals surface area contributed by atoms with E-state index in [1.807, 2.05) is 79.7 Å². The number of anilines is 2. The average molecular weight is 425 g/mol. The first kappa shape index (κ1) is 21.1. The molecule has 0 saturated carbocycles. The molecule has 4 rings (SSSR count). The van der Waals surface area contributed by atoms with Crippen LogP contribution in [0.1, 0.15) is 28.9 Å². The number of nitrogens with one attached hydrogen (secondary N) is 2. The molecule has 0 fully saturated rings. The maximum absolute atomic E-state index is 12.7. The van der Waals surface area contributed by atoms with Crippen LogP contribution in [0.4, 0.5) is 11.5 Å². The van der Waals surface area contributed by atoms with Crippen LogP contribution in [0.2, 0.25) is 0 Å². The number of nitrogens with zero attached hydrogens (tertiary/aromatic N) is 2. The Labute approximate surface area is 187 Å². The number of methoxy groups -OCH3 is 1. The van der Waals surface area contributed by atoms with Crippen LogP contribution in [0.3, 0.4) is 0 Å². The lowest BCUT2D eigenvalue weighted by Crippen LogP contribution is -2.26. The summed E-state index contributed by atoms with van der Waals surface area (Å²) in [5.74, 6) is 1.31. The Kier molecular flexibility index (Phi) is 6.41. The molecule has 0 aliphatic heterocycles. The summed E-state index contributed by atoms with van der Waals surface area (Å²) in [7, 11) is 1.63. The summed E-state index contributed by atoms with van der Waals surface area (Å²) in [5.41, 5.74) is 4.26. The van der Waals surface area contributed by atoms with E-state index in [1.54, 1.807) is 19.2 Å². The van der Waals surface area contributed by atoms with E-state index in [2.05, 4.69) is 20.6 Å². The highest BCUT2D eigenvalue weighted by Gasteiger charge is 2.12. The lowest BCUT2D eigenvalue weighted by Gasteiger charge is -2.15. The van der Waals surface area contributed by atoms with Gasteiger partial charge in [0.2, 0.25) is 0 Å². The lowest BCUT2D eigenvalue weighted by molar-refractivity contribution is 0.0940. The van der Waals surface area contributed by atoms with Crippen LogP contribution in [0.15, 0.2) is 91.3 Å². The largest absolute Gasteiger partial charge is 0.497 e. The normalized spacial score (nSPS) is 11.4. The molecule has 2 N–H and O–H groups in total. The second-order valence-corrected chi connectivity index (χ2v) is 7.33. The first-order chi connectivity index (χ1) is 15.6. The molecule has 0 unspecified atom stereocenters. The number of carbonyl (C=O) groups is 1. The van der Waals surface area contributed by atoms with Gasteiger partial charge in [0.25, 0.3) is 5.91 Å². The number of hydrogen-bond donors (Lipinski definition) is 2. The Morgan fingerprint density at radius 1 is 0.906 bits per heavy atom. The molecule has 4 aromatic rings. The number of amides is 1. The summed E-state index contributed by atoms with van der Waals surface area (Å²) in [4.78, 5) is 21.3. The molecule has 0 aliphatic rings. The van der Waals surface area contributed by atoms with Gasteiger partial charge in [-0.25, -0.2) is 9.97 Å². The minimum atomic E-state index is -0.146. The number of ether oxygens (including phenoxy) is 1. The molecule has 6 nitrogen and oxygen atoms in total. The Morgan fingerprint density at radius 3 is 2.44 bits per heavy atom. The highest BCUT2D eigenvalue weighted by molar-refractivity contribution is 5.94.